The number of carbonyl (C=O) groups excluding carboxylic acids is 3. The molecule has 3 aromatic carbocycles. The van der Waals surface area contributed by atoms with Crippen LogP contribution in [0.15, 0.2) is 70.7 Å². The lowest BCUT2D eigenvalue weighted by Crippen LogP contribution is -2.54. The van der Waals surface area contributed by atoms with Crippen LogP contribution in [-0.2, 0) is 16.2 Å². The third-order valence-corrected chi connectivity index (χ3v) is 6.45. The number of nitrogens with one attached hydrogen (secondary N) is 1. The average Bonchev–Trinajstić information content (AvgIpc) is 2.91. The van der Waals surface area contributed by atoms with E-state index in [0.29, 0.717) is 52.1 Å². The van der Waals surface area contributed by atoms with E-state index in [1.165, 1.54) is 6.08 Å². The fourth-order valence-electron chi connectivity index (χ4n) is 3.78. The van der Waals surface area contributed by atoms with E-state index in [-0.39, 0.29) is 11.3 Å². The van der Waals surface area contributed by atoms with Crippen molar-refractivity contribution in [3.63, 3.8) is 0 Å². The minimum absolute atomic E-state index is 0.200. The molecule has 0 radical (unpaired) electrons. The number of nitrogens with zero attached hydrogens (tertiary/aromatic N) is 1. The highest BCUT2D eigenvalue weighted by atomic mass is 79.9. The Morgan fingerprint density at radius 3 is 2.33 bits per heavy atom. The Balaban J connectivity index is 1.56. The van der Waals surface area contributed by atoms with Gasteiger partial charge in [-0.15, -0.1) is 0 Å². The van der Waals surface area contributed by atoms with Crippen LogP contribution in [0.1, 0.15) is 31.4 Å². The fraction of sp³-hybridized carbons (Fsp3) is 0.207. The number of barbiturate groups is 1. The van der Waals surface area contributed by atoms with Crippen molar-refractivity contribution in [3.8, 4) is 17.2 Å². The average molecular weight is 614 g/mol. The quantitative estimate of drug-likeness (QED) is 0.206. The second-order valence-electron chi connectivity index (χ2n) is 8.48. The molecule has 3 aromatic rings. The molecule has 39 heavy (non-hydrogen) atoms. The van der Waals surface area contributed by atoms with E-state index in [0.717, 1.165) is 16.9 Å². The van der Waals surface area contributed by atoms with Crippen molar-refractivity contribution >= 4 is 57.1 Å². The van der Waals surface area contributed by atoms with Gasteiger partial charge in [-0.25, -0.2) is 9.69 Å². The van der Waals surface area contributed by atoms with Crippen LogP contribution in [0, 0.1) is 0 Å². The van der Waals surface area contributed by atoms with Crippen molar-refractivity contribution in [3.05, 3.63) is 86.9 Å². The molecule has 0 unspecified atom stereocenters. The monoisotopic (exact) mass is 612 g/mol. The smallest absolute Gasteiger partial charge is 0.335 e. The minimum atomic E-state index is -0.837. The van der Waals surface area contributed by atoms with Gasteiger partial charge in [-0.3, -0.25) is 14.9 Å². The summed E-state index contributed by atoms with van der Waals surface area (Å²) in [7, 11) is 0. The van der Waals surface area contributed by atoms with Crippen molar-refractivity contribution in [1.82, 2.24) is 5.32 Å². The summed E-state index contributed by atoms with van der Waals surface area (Å²) in [5.74, 6) is 0.0149. The van der Waals surface area contributed by atoms with Crippen LogP contribution in [0.2, 0.25) is 5.02 Å². The molecule has 202 valence electrons. The highest BCUT2D eigenvalue weighted by molar-refractivity contribution is 9.10. The summed E-state index contributed by atoms with van der Waals surface area (Å²) in [6.45, 7) is 5.06. The first kappa shape index (κ1) is 28.2. The van der Waals surface area contributed by atoms with Crippen LogP contribution in [0.4, 0.5) is 10.5 Å². The van der Waals surface area contributed by atoms with Gasteiger partial charge in [0.25, 0.3) is 11.8 Å². The number of hydrogen-bond acceptors (Lipinski definition) is 6. The SMILES string of the molecule is CCCOc1c(Br)cc(/C=C2\C(=O)NC(=O)N(c3ccc(OCc4ccc(Cl)cc4)cc3)C2=O)cc1OCC. The predicted molar refractivity (Wildman–Crippen MR) is 152 cm³/mol. The molecular weight excluding hydrogens is 588 g/mol. The number of anilines is 1. The second-order valence-corrected chi connectivity index (χ2v) is 9.77. The molecule has 10 heteroatoms. The van der Waals surface area contributed by atoms with Crippen LogP contribution >= 0.6 is 27.5 Å². The van der Waals surface area contributed by atoms with Crippen LogP contribution in [0.3, 0.4) is 0 Å². The molecule has 0 aromatic heterocycles. The zero-order valence-corrected chi connectivity index (χ0v) is 23.7. The minimum Gasteiger partial charge on any atom is -0.490 e. The summed E-state index contributed by atoms with van der Waals surface area (Å²) in [4.78, 5) is 39.5. The number of halogens is 2. The first-order chi connectivity index (χ1) is 18.8. The maximum atomic E-state index is 13.3. The van der Waals surface area contributed by atoms with Crippen LogP contribution in [-0.4, -0.2) is 31.1 Å². The lowest BCUT2D eigenvalue weighted by atomic mass is 10.1. The van der Waals surface area contributed by atoms with E-state index in [2.05, 4.69) is 21.2 Å². The summed E-state index contributed by atoms with van der Waals surface area (Å²) >= 11 is 9.40. The lowest BCUT2D eigenvalue weighted by Gasteiger charge is -2.26. The number of ether oxygens (including phenoxy) is 3. The Labute approximate surface area is 239 Å². The van der Waals surface area contributed by atoms with E-state index >= 15 is 0 Å². The van der Waals surface area contributed by atoms with E-state index in [1.807, 2.05) is 26.0 Å². The molecule has 0 bridgehead atoms. The zero-order chi connectivity index (χ0) is 27.9. The van der Waals surface area contributed by atoms with E-state index in [4.69, 9.17) is 25.8 Å². The predicted octanol–water partition coefficient (Wildman–Crippen LogP) is 6.54. The van der Waals surface area contributed by atoms with Gasteiger partial charge < -0.3 is 14.2 Å². The van der Waals surface area contributed by atoms with Gasteiger partial charge in [-0.2, -0.15) is 0 Å². The van der Waals surface area contributed by atoms with Crippen molar-refractivity contribution in [2.24, 2.45) is 0 Å². The number of carbonyl (C=O) groups is 3. The molecule has 1 aliphatic rings. The Morgan fingerprint density at radius 1 is 0.949 bits per heavy atom. The first-order valence-electron chi connectivity index (χ1n) is 12.3. The standard InChI is InChI=1S/C29H26BrClN2O6/c1-3-13-38-26-24(30)15-19(16-25(26)37-4-2)14-23-27(34)32-29(36)33(28(23)35)21-9-11-22(12-10-21)39-17-18-5-7-20(31)8-6-18/h5-12,14-16H,3-4,13,17H2,1-2H3,(H,32,34,36)/b23-14+. The Bertz CT molecular complexity index is 1410. The number of hydrogen-bond donors (Lipinski definition) is 1. The molecule has 0 spiro atoms. The largest absolute Gasteiger partial charge is 0.490 e. The van der Waals surface area contributed by atoms with Gasteiger partial charge in [0.1, 0.15) is 17.9 Å². The highest BCUT2D eigenvalue weighted by Gasteiger charge is 2.37. The maximum Gasteiger partial charge on any atom is 0.335 e. The normalized spacial score (nSPS) is 14.4. The van der Waals surface area contributed by atoms with Gasteiger partial charge in [-0.1, -0.05) is 30.7 Å². The van der Waals surface area contributed by atoms with Gasteiger partial charge in [-0.05, 0) is 95.0 Å². The Morgan fingerprint density at radius 2 is 1.67 bits per heavy atom. The molecule has 8 nitrogen and oxygen atoms in total. The third kappa shape index (κ3) is 6.79. The summed E-state index contributed by atoms with van der Waals surface area (Å²) in [5.41, 5.74) is 1.54. The Hall–Kier alpha value is -3.82. The van der Waals surface area contributed by atoms with Crippen LogP contribution in [0.25, 0.3) is 6.08 Å². The molecular formula is C29H26BrClN2O6. The van der Waals surface area contributed by atoms with Crippen molar-refractivity contribution < 1.29 is 28.6 Å². The molecule has 1 N–H and O–H groups in total. The maximum absolute atomic E-state index is 13.3. The number of imide groups is 2. The van der Waals surface area contributed by atoms with Gasteiger partial charge >= 0.3 is 6.03 Å². The molecule has 1 fully saturated rings. The summed E-state index contributed by atoms with van der Waals surface area (Å²) in [6, 6.07) is 16.3. The second kappa shape index (κ2) is 12.8. The molecule has 0 aliphatic carbocycles. The van der Waals surface area contributed by atoms with Gasteiger partial charge in [0.05, 0.1) is 23.4 Å². The van der Waals surface area contributed by atoms with Gasteiger partial charge in [0.15, 0.2) is 11.5 Å². The molecule has 1 heterocycles. The van der Waals surface area contributed by atoms with E-state index in [1.54, 1.807) is 48.5 Å². The Kier molecular flexibility index (Phi) is 9.27. The first-order valence-corrected chi connectivity index (χ1v) is 13.5. The van der Waals surface area contributed by atoms with Gasteiger partial charge in [0.2, 0.25) is 0 Å². The number of urea groups is 1. The fourth-order valence-corrected chi connectivity index (χ4v) is 4.48. The van der Waals surface area contributed by atoms with Crippen molar-refractivity contribution in [1.29, 1.82) is 0 Å². The molecule has 1 saturated heterocycles. The van der Waals surface area contributed by atoms with E-state index < -0.39 is 17.8 Å². The third-order valence-electron chi connectivity index (χ3n) is 5.61. The molecule has 0 saturated carbocycles. The highest BCUT2D eigenvalue weighted by Crippen LogP contribution is 2.38. The number of benzene rings is 3. The van der Waals surface area contributed by atoms with E-state index in [9.17, 15) is 14.4 Å². The molecule has 4 rings (SSSR count). The molecule has 1 aliphatic heterocycles. The van der Waals surface area contributed by atoms with Crippen molar-refractivity contribution in [2.75, 3.05) is 18.1 Å². The van der Waals surface area contributed by atoms with Crippen molar-refractivity contribution in [2.45, 2.75) is 26.9 Å². The number of rotatable bonds is 10. The summed E-state index contributed by atoms with van der Waals surface area (Å²) < 4.78 is 17.9. The topological polar surface area (TPSA) is 94.2 Å². The van der Waals surface area contributed by atoms with Crippen LogP contribution < -0.4 is 24.4 Å². The molecule has 0 atom stereocenters. The summed E-state index contributed by atoms with van der Waals surface area (Å²) in [6.07, 6.45) is 2.23. The van der Waals surface area contributed by atoms with Crippen LogP contribution in [0.5, 0.6) is 17.2 Å². The van der Waals surface area contributed by atoms with Gasteiger partial charge in [0, 0.05) is 5.02 Å². The number of amides is 4. The zero-order valence-electron chi connectivity index (χ0n) is 21.3. The lowest BCUT2D eigenvalue weighted by molar-refractivity contribution is -0.122. The molecule has 4 amide bonds. The summed E-state index contributed by atoms with van der Waals surface area (Å²) in [5, 5.41) is 2.88.